The van der Waals surface area contributed by atoms with Gasteiger partial charge in [0.15, 0.2) is 5.78 Å². The Labute approximate surface area is 107 Å². The van der Waals surface area contributed by atoms with Gasteiger partial charge in [-0.2, -0.15) is 0 Å². The van der Waals surface area contributed by atoms with Crippen molar-refractivity contribution < 1.29 is 4.79 Å². The molecular weight excluding hydrogens is 230 g/mol. The first-order valence-electron chi connectivity index (χ1n) is 5.99. The zero-order valence-electron chi connectivity index (χ0n) is 10.3. The molecule has 0 N–H and O–H groups in total. The summed E-state index contributed by atoms with van der Waals surface area (Å²) in [6.45, 7) is 4.78. The summed E-state index contributed by atoms with van der Waals surface area (Å²) in [4.78, 5) is 14.8. The molecule has 0 amide bonds. The first-order valence-corrected chi connectivity index (χ1v) is 6.80. The van der Waals surface area contributed by atoms with Crippen LogP contribution < -0.4 is 4.90 Å². The van der Waals surface area contributed by atoms with Gasteiger partial charge in [0, 0.05) is 17.5 Å². The molecule has 1 aliphatic heterocycles. The van der Waals surface area contributed by atoms with Crippen LogP contribution in [-0.4, -0.2) is 12.3 Å². The Bertz CT molecular complexity index is 453. The number of allylic oxidation sites excluding steroid dienone is 1. The van der Waals surface area contributed by atoms with Crippen molar-refractivity contribution in [1.29, 1.82) is 0 Å². The fourth-order valence-corrected chi connectivity index (χ4v) is 3.06. The maximum Gasteiger partial charge on any atom is 0.155 e. The summed E-state index contributed by atoms with van der Waals surface area (Å²) >= 11 is 1.69. The summed E-state index contributed by atoms with van der Waals surface area (Å²) in [6.07, 6.45) is 4.04. The van der Waals surface area contributed by atoms with Crippen LogP contribution in [0.3, 0.4) is 0 Å². The lowest BCUT2D eigenvalue weighted by Crippen LogP contribution is -2.19. The van der Waals surface area contributed by atoms with E-state index in [1.807, 2.05) is 6.07 Å². The number of rotatable bonds is 4. The molecule has 0 atom stereocenters. The standard InChI is InChI=1S/C14H17NOS/c1-3-4-9-15-12-7-5-6-8-13(12)17-14(15)10-11(2)16/h5-8,10H,3-4,9H2,1-2H3/b14-10+. The minimum Gasteiger partial charge on any atom is -0.335 e. The third kappa shape index (κ3) is 2.72. The van der Waals surface area contributed by atoms with Crippen LogP contribution in [0.15, 0.2) is 40.3 Å². The number of ketones is 1. The van der Waals surface area contributed by atoms with E-state index in [9.17, 15) is 4.79 Å². The zero-order valence-corrected chi connectivity index (χ0v) is 11.1. The molecule has 1 heterocycles. The van der Waals surface area contributed by atoms with Crippen LogP contribution >= 0.6 is 11.8 Å². The van der Waals surface area contributed by atoms with E-state index < -0.39 is 0 Å². The number of carbonyl (C=O) groups excluding carboxylic acids is 1. The number of nitrogens with zero attached hydrogens (tertiary/aromatic N) is 1. The monoisotopic (exact) mass is 247 g/mol. The number of anilines is 1. The third-order valence-electron chi connectivity index (χ3n) is 2.70. The molecule has 0 saturated heterocycles. The van der Waals surface area contributed by atoms with Gasteiger partial charge in [0.1, 0.15) is 0 Å². The maximum atomic E-state index is 11.3. The van der Waals surface area contributed by atoms with Crippen molar-refractivity contribution in [2.75, 3.05) is 11.4 Å². The zero-order chi connectivity index (χ0) is 12.3. The lowest BCUT2D eigenvalue weighted by molar-refractivity contribution is -0.112. The fourth-order valence-electron chi connectivity index (χ4n) is 1.88. The molecule has 1 aromatic rings. The third-order valence-corrected chi connectivity index (χ3v) is 3.81. The van der Waals surface area contributed by atoms with Gasteiger partial charge in [0.25, 0.3) is 0 Å². The normalized spacial score (nSPS) is 16.4. The molecule has 0 aromatic heterocycles. The predicted octanol–water partition coefficient (Wildman–Crippen LogP) is 3.83. The highest BCUT2D eigenvalue weighted by Gasteiger charge is 2.24. The van der Waals surface area contributed by atoms with Crippen molar-refractivity contribution in [2.45, 2.75) is 31.6 Å². The SMILES string of the molecule is CCCCN1/C(=C\C(C)=O)Sc2ccccc21. The highest BCUT2D eigenvalue weighted by Crippen LogP contribution is 2.45. The molecular formula is C14H17NOS. The highest BCUT2D eigenvalue weighted by molar-refractivity contribution is 8.03. The van der Waals surface area contributed by atoms with E-state index in [2.05, 4.69) is 30.0 Å². The summed E-state index contributed by atoms with van der Waals surface area (Å²) in [5, 5.41) is 1.06. The van der Waals surface area contributed by atoms with Gasteiger partial charge in [-0.1, -0.05) is 37.2 Å². The second kappa shape index (κ2) is 5.41. The molecule has 0 radical (unpaired) electrons. The molecule has 1 aliphatic rings. The molecule has 1 aromatic carbocycles. The molecule has 2 nitrogen and oxygen atoms in total. The maximum absolute atomic E-state index is 11.3. The van der Waals surface area contributed by atoms with Gasteiger partial charge in [-0.25, -0.2) is 0 Å². The van der Waals surface area contributed by atoms with Gasteiger partial charge >= 0.3 is 0 Å². The Morgan fingerprint density at radius 2 is 2.18 bits per heavy atom. The van der Waals surface area contributed by atoms with Gasteiger partial charge in [0.2, 0.25) is 0 Å². The highest BCUT2D eigenvalue weighted by atomic mass is 32.2. The quantitative estimate of drug-likeness (QED) is 0.754. The van der Waals surface area contributed by atoms with Gasteiger partial charge in [0.05, 0.1) is 10.7 Å². The topological polar surface area (TPSA) is 20.3 Å². The van der Waals surface area contributed by atoms with E-state index in [4.69, 9.17) is 0 Å². The smallest absolute Gasteiger partial charge is 0.155 e. The van der Waals surface area contributed by atoms with Crippen LogP contribution in [0.2, 0.25) is 0 Å². The summed E-state index contributed by atoms with van der Waals surface area (Å²) in [5.74, 6) is 0.113. The van der Waals surface area contributed by atoms with Crippen LogP contribution in [0.1, 0.15) is 26.7 Å². The van der Waals surface area contributed by atoms with E-state index >= 15 is 0 Å². The number of fused-ring (bicyclic) bond motifs is 1. The summed E-state index contributed by atoms with van der Waals surface area (Å²) < 4.78 is 0. The number of hydrogen-bond donors (Lipinski definition) is 0. The van der Waals surface area contributed by atoms with Crippen LogP contribution in [0.5, 0.6) is 0 Å². The van der Waals surface area contributed by atoms with E-state index in [0.29, 0.717) is 0 Å². The van der Waals surface area contributed by atoms with Gasteiger partial charge in [-0.3, -0.25) is 4.79 Å². The first-order chi connectivity index (χ1) is 8.22. The molecule has 0 aliphatic carbocycles. The molecule has 3 heteroatoms. The van der Waals surface area contributed by atoms with E-state index in [-0.39, 0.29) is 5.78 Å². The molecule has 0 spiro atoms. The van der Waals surface area contributed by atoms with Crippen LogP contribution in [0, 0.1) is 0 Å². The molecule has 0 unspecified atom stereocenters. The predicted molar refractivity (Wildman–Crippen MR) is 73.3 cm³/mol. The van der Waals surface area contributed by atoms with E-state index in [1.165, 1.54) is 10.6 Å². The van der Waals surface area contributed by atoms with Crippen molar-refractivity contribution in [1.82, 2.24) is 0 Å². The van der Waals surface area contributed by atoms with Crippen molar-refractivity contribution in [3.63, 3.8) is 0 Å². The Hall–Kier alpha value is -1.22. The summed E-state index contributed by atoms with van der Waals surface area (Å²) in [5.41, 5.74) is 1.23. The summed E-state index contributed by atoms with van der Waals surface area (Å²) in [6, 6.07) is 8.33. The average Bonchev–Trinajstić information content (AvgIpc) is 2.63. The van der Waals surface area contributed by atoms with Gasteiger partial charge in [-0.05, 0) is 25.5 Å². The second-order valence-electron chi connectivity index (χ2n) is 4.17. The van der Waals surface area contributed by atoms with Crippen molar-refractivity contribution in [3.8, 4) is 0 Å². The molecule has 17 heavy (non-hydrogen) atoms. The minimum absolute atomic E-state index is 0.113. The average molecular weight is 247 g/mol. The fraction of sp³-hybridized carbons (Fsp3) is 0.357. The Balaban J connectivity index is 2.30. The largest absolute Gasteiger partial charge is 0.335 e. The number of unbranched alkanes of at least 4 members (excludes halogenated alkanes) is 1. The van der Waals surface area contributed by atoms with E-state index in [0.717, 1.165) is 24.4 Å². The van der Waals surface area contributed by atoms with Gasteiger partial charge in [-0.15, -0.1) is 0 Å². The van der Waals surface area contributed by atoms with E-state index in [1.54, 1.807) is 24.8 Å². The van der Waals surface area contributed by atoms with Crippen molar-refractivity contribution in [3.05, 3.63) is 35.4 Å². The number of carbonyl (C=O) groups is 1. The number of hydrogen-bond acceptors (Lipinski definition) is 3. The van der Waals surface area contributed by atoms with Crippen molar-refractivity contribution >= 4 is 23.2 Å². The molecule has 2 rings (SSSR count). The lowest BCUT2D eigenvalue weighted by Gasteiger charge is -2.19. The Morgan fingerprint density at radius 1 is 1.41 bits per heavy atom. The number of thioether (sulfide) groups is 1. The first kappa shape index (κ1) is 12.2. The molecule has 0 fully saturated rings. The number of para-hydroxylation sites is 1. The van der Waals surface area contributed by atoms with Crippen LogP contribution in [0.25, 0.3) is 0 Å². The van der Waals surface area contributed by atoms with Gasteiger partial charge < -0.3 is 4.90 Å². The molecule has 0 bridgehead atoms. The van der Waals surface area contributed by atoms with Crippen LogP contribution in [-0.2, 0) is 4.79 Å². The Kier molecular flexibility index (Phi) is 3.89. The Morgan fingerprint density at radius 3 is 2.88 bits per heavy atom. The summed E-state index contributed by atoms with van der Waals surface area (Å²) in [7, 11) is 0. The molecule has 90 valence electrons. The number of benzene rings is 1. The lowest BCUT2D eigenvalue weighted by atomic mass is 10.2. The van der Waals surface area contributed by atoms with Crippen molar-refractivity contribution in [2.24, 2.45) is 0 Å². The second-order valence-corrected chi connectivity index (χ2v) is 5.23. The minimum atomic E-state index is 0.113. The van der Waals surface area contributed by atoms with Crippen LogP contribution in [0.4, 0.5) is 5.69 Å². The molecule has 0 saturated carbocycles.